The van der Waals surface area contributed by atoms with Gasteiger partial charge in [-0.2, -0.15) is 0 Å². The summed E-state index contributed by atoms with van der Waals surface area (Å²) in [6.07, 6.45) is 6.00. The van der Waals surface area contributed by atoms with E-state index in [0.29, 0.717) is 24.8 Å². The Bertz CT molecular complexity index is 597. The first-order valence-electron chi connectivity index (χ1n) is 7.09. The second-order valence-electron chi connectivity index (χ2n) is 4.54. The van der Waals surface area contributed by atoms with Crippen molar-refractivity contribution in [3.8, 4) is 17.1 Å². The van der Waals surface area contributed by atoms with Crippen molar-refractivity contribution < 1.29 is 14.3 Å². The number of aromatic nitrogens is 2. The zero-order valence-corrected chi connectivity index (χ0v) is 12.3. The highest BCUT2D eigenvalue weighted by Gasteiger charge is 2.01. The van der Waals surface area contributed by atoms with Crippen molar-refractivity contribution in [2.24, 2.45) is 0 Å². The molecule has 0 fully saturated rings. The molecule has 0 N–H and O–H groups in total. The normalized spacial score (nSPS) is 10.0. The molecule has 0 saturated carbocycles. The molecule has 0 aliphatic carbocycles. The van der Waals surface area contributed by atoms with E-state index in [0.717, 1.165) is 24.5 Å². The van der Waals surface area contributed by atoms with E-state index in [-0.39, 0.29) is 0 Å². The fourth-order valence-electron chi connectivity index (χ4n) is 1.75. The number of carbonyl (C=O) groups excluding carboxylic acids is 1. The van der Waals surface area contributed by atoms with Crippen LogP contribution in [0.5, 0.6) is 5.75 Å². The molecule has 0 atom stereocenters. The number of rotatable bonds is 8. The van der Waals surface area contributed by atoms with Crippen molar-refractivity contribution in [2.45, 2.75) is 12.8 Å². The summed E-state index contributed by atoms with van der Waals surface area (Å²) in [5.74, 6) is 0.901. The maximum atomic E-state index is 10.8. The minimum atomic E-state index is -0.397. The molecule has 1 aromatic heterocycles. The Labute approximate surface area is 129 Å². The molecule has 114 valence electrons. The van der Waals surface area contributed by atoms with Gasteiger partial charge in [-0.1, -0.05) is 36.9 Å². The van der Waals surface area contributed by atoms with Crippen LogP contribution in [0.3, 0.4) is 0 Å². The Balaban J connectivity index is 1.71. The monoisotopic (exact) mass is 298 g/mol. The van der Waals surface area contributed by atoms with Gasteiger partial charge in [-0.3, -0.25) is 0 Å². The lowest BCUT2D eigenvalue weighted by Gasteiger charge is -2.06. The number of carbonyl (C=O) groups is 1. The van der Waals surface area contributed by atoms with Gasteiger partial charge in [-0.05, 0) is 12.8 Å². The lowest BCUT2D eigenvalue weighted by atomic mass is 10.2. The Morgan fingerprint density at radius 2 is 1.77 bits per heavy atom. The maximum Gasteiger partial charge on any atom is 0.330 e. The molecule has 5 heteroatoms. The van der Waals surface area contributed by atoms with E-state index in [1.54, 1.807) is 12.4 Å². The number of unbranched alkanes of at least 4 members (excludes halogenated alkanes) is 1. The second-order valence-corrected chi connectivity index (χ2v) is 4.54. The first-order chi connectivity index (χ1) is 10.8. The van der Waals surface area contributed by atoms with Gasteiger partial charge in [-0.15, -0.1) is 0 Å². The van der Waals surface area contributed by atoms with Crippen LogP contribution < -0.4 is 4.74 Å². The number of hydrogen-bond donors (Lipinski definition) is 0. The molecule has 5 nitrogen and oxygen atoms in total. The van der Waals surface area contributed by atoms with Crippen molar-refractivity contribution in [3.63, 3.8) is 0 Å². The van der Waals surface area contributed by atoms with Crippen molar-refractivity contribution in [1.82, 2.24) is 9.97 Å². The van der Waals surface area contributed by atoms with Crippen LogP contribution in [0.25, 0.3) is 11.4 Å². The highest BCUT2D eigenvalue weighted by molar-refractivity contribution is 5.81. The SMILES string of the molecule is C=CC(=O)OCCCCOc1cnc(-c2ccccc2)nc1. The van der Waals surface area contributed by atoms with Crippen molar-refractivity contribution >= 4 is 5.97 Å². The van der Waals surface area contributed by atoms with Gasteiger partial charge in [0.25, 0.3) is 0 Å². The zero-order valence-electron chi connectivity index (χ0n) is 12.3. The Morgan fingerprint density at radius 1 is 1.09 bits per heavy atom. The van der Waals surface area contributed by atoms with Crippen LogP contribution in [-0.2, 0) is 9.53 Å². The third-order valence-electron chi connectivity index (χ3n) is 2.88. The Hall–Kier alpha value is -2.69. The summed E-state index contributed by atoms with van der Waals surface area (Å²) in [6.45, 7) is 4.23. The van der Waals surface area contributed by atoms with Crippen molar-refractivity contribution in [3.05, 3.63) is 55.4 Å². The predicted octanol–water partition coefficient (Wildman–Crippen LogP) is 3.03. The number of esters is 1. The minimum absolute atomic E-state index is 0.373. The molecule has 22 heavy (non-hydrogen) atoms. The largest absolute Gasteiger partial charge is 0.490 e. The summed E-state index contributed by atoms with van der Waals surface area (Å²) in [5.41, 5.74) is 0.970. The van der Waals surface area contributed by atoms with E-state index < -0.39 is 5.97 Å². The molecule has 1 aromatic carbocycles. The molecule has 0 amide bonds. The highest BCUT2D eigenvalue weighted by atomic mass is 16.5. The molecule has 2 rings (SSSR count). The summed E-state index contributed by atoms with van der Waals surface area (Å²) in [6, 6.07) is 9.76. The molecule has 0 saturated heterocycles. The number of nitrogens with zero attached hydrogens (tertiary/aromatic N) is 2. The van der Waals surface area contributed by atoms with Crippen LogP contribution in [0.4, 0.5) is 0 Å². The average molecular weight is 298 g/mol. The summed E-state index contributed by atoms with van der Waals surface area (Å²) in [5, 5.41) is 0. The smallest absolute Gasteiger partial charge is 0.330 e. The number of benzene rings is 1. The van der Waals surface area contributed by atoms with E-state index in [4.69, 9.17) is 9.47 Å². The lowest BCUT2D eigenvalue weighted by molar-refractivity contribution is -0.137. The van der Waals surface area contributed by atoms with E-state index in [9.17, 15) is 4.79 Å². The van der Waals surface area contributed by atoms with Gasteiger partial charge in [0, 0.05) is 11.6 Å². The van der Waals surface area contributed by atoms with Crippen LogP contribution in [0.15, 0.2) is 55.4 Å². The van der Waals surface area contributed by atoms with E-state index in [1.165, 1.54) is 0 Å². The lowest BCUT2D eigenvalue weighted by Crippen LogP contribution is -2.04. The van der Waals surface area contributed by atoms with Crippen molar-refractivity contribution in [2.75, 3.05) is 13.2 Å². The maximum absolute atomic E-state index is 10.8. The molecular formula is C17H18N2O3. The molecule has 0 aliphatic rings. The first-order valence-corrected chi connectivity index (χ1v) is 7.09. The molecule has 1 heterocycles. The van der Waals surface area contributed by atoms with Gasteiger partial charge in [0.15, 0.2) is 11.6 Å². The molecule has 0 unspecified atom stereocenters. The topological polar surface area (TPSA) is 61.3 Å². The molecule has 0 radical (unpaired) electrons. The average Bonchev–Trinajstić information content (AvgIpc) is 2.59. The van der Waals surface area contributed by atoms with Crippen LogP contribution in [0.1, 0.15) is 12.8 Å². The summed E-state index contributed by atoms with van der Waals surface area (Å²) >= 11 is 0. The number of hydrogen-bond acceptors (Lipinski definition) is 5. The fourth-order valence-corrected chi connectivity index (χ4v) is 1.75. The van der Waals surface area contributed by atoms with Crippen molar-refractivity contribution in [1.29, 1.82) is 0 Å². The summed E-state index contributed by atoms with van der Waals surface area (Å²) < 4.78 is 10.4. The minimum Gasteiger partial charge on any atom is -0.490 e. The second kappa shape index (κ2) is 8.56. The van der Waals surface area contributed by atoms with Crippen LogP contribution in [-0.4, -0.2) is 29.2 Å². The standard InChI is InChI=1S/C17H18N2O3/c1-2-16(20)22-11-7-6-10-21-15-12-18-17(19-13-15)14-8-4-3-5-9-14/h2-5,8-9,12-13H,1,6-7,10-11H2. The van der Waals surface area contributed by atoms with E-state index in [2.05, 4.69) is 16.5 Å². The van der Waals surface area contributed by atoms with Crippen LogP contribution in [0.2, 0.25) is 0 Å². The summed E-state index contributed by atoms with van der Waals surface area (Å²) in [4.78, 5) is 19.4. The molecule has 0 bridgehead atoms. The third-order valence-corrected chi connectivity index (χ3v) is 2.88. The van der Waals surface area contributed by atoms with Crippen LogP contribution in [0, 0.1) is 0 Å². The van der Waals surface area contributed by atoms with Crippen LogP contribution >= 0.6 is 0 Å². The van der Waals surface area contributed by atoms with E-state index >= 15 is 0 Å². The van der Waals surface area contributed by atoms with Gasteiger partial charge < -0.3 is 9.47 Å². The zero-order chi connectivity index (χ0) is 15.6. The summed E-state index contributed by atoms with van der Waals surface area (Å²) in [7, 11) is 0. The number of ether oxygens (including phenoxy) is 2. The first kappa shape index (κ1) is 15.7. The molecule has 0 aliphatic heterocycles. The Kier molecular flexibility index (Phi) is 6.11. The van der Waals surface area contributed by atoms with E-state index in [1.807, 2.05) is 30.3 Å². The highest BCUT2D eigenvalue weighted by Crippen LogP contribution is 2.15. The molecule has 2 aromatic rings. The van der Waals surface area contributed by atoms with Gasteiger partial charge >= 0.3 is 5.97 Å². The quantitative estimate of drug-likeness (QED) is 0.426. The Morgan fingerprint density at radius 3 is 2.45 bits per heavy atom. The van der Waals surface area contributed by atoms with Gasteiger partial charge in [0.05, 0.1) is 25.6 Å². The predicted molar refractivity (Wildman–Crippen MR) is 83.4 cm³/mol. The molecule has 0 spiro atoms. The van der Waals surface area contributed by atoms with Gasteiger partial charge in [0.2, 0.25) is 0 Å². The molecular weight excluding hydrogens is 280 g/mol. The fraction of sp³-hybridized carbons (Fsp3) is 0.235. The van der Waals surface area contributed by atoms with Gasteiger partial charge in [0.1, 0.15) is 0 Å². The third kappa shape index (κ3) is 5.01. The van der Waals surface area contributed by atoms with Gasteiger partial charge in [-0.25, -0.2) is 14.8 Å².